The third kappa shape index (κ3) is 2.85. The summed E-state index contributed by atoms with van der Waals surface area (Å²) in [5.41, 5.74) is 5.22. The van der Waals surface area contributed by atoms with Gasteiger partial charge in [-0.15, -0.1) is 0 Å². The molecule has 0 aliphatic carbocycles. The van der Waals surface area contributed by atoms with Crippen LogP contribution in [0.25, 0.3) is 38.6 Å². The van der Waals surface area contributed by atoms with Crippen molar-refractivity contribution < 1.29 is 4.57 Å². The van der Waals surface area contributed by atoms with E-state index < -0.39 is 7.14 Å². The van der Waals surface area contributed by atoms with Gasteiger partial charge >= 0.3 is 0 Å². The highest BCUT2D eigenvalue weighted by Gasteiger charge is 2.42. The summed E-state index contributed by atoms with van der Waals surface area (Å²) in [6.45, 7) is 0. The SMILES string of the molecule is N#Cc1cc(C#N)cc(-n2c3ccccc3c3ccc4c(c32)P(=O)(c2ccccc2)c2ccccc2-4)c1. The number of para-hydroxylation sites is 1. The molecule has 1 aliphatic rings. The Bertz CT molecular complexity index is 2010. The molecule has 5 aromatic carbocycles. The van der Waals surface area contributed by atoms with Gasteiger partial charge in [0.25, 0.3) is 0 Å². The second-order valence-corrected chi connectivity index (χ2v) is 11.8. The fourth-order valence-corrected chi connectivity index (χ4v) is 8.97. The highest BCUT2D eigenvalue weighted by molar-refractivity contribution is 7.86. The summed E-state index contributed by atoms with van der Waals surface area (Å²) in [4.78, 5) is 0. The molecule has 2 heterocycles. The number of aromatic nitrogens is 1. The van der Waals surface area contributed by atoms with Gasteiger partial charge in [-0.1, -0.05) is 84.9 Å². The normalized spacial score (nSPS) is 15.7. The van der Waals surface area contributed by atoms with E-state index in [1.54, 1.807) is 18.2 Å². The van der Waals surface area contributed by atoms with Crippen LogP contribution in [0.1, 0.15) is 11.1 Å². The minimum Gasteiger partial charge on any atom is -0.309 e. The van der Waals surface area contributed by atoms with Crippen molar-refractivity contribution in [3.05, 3.63) is 120 Å². The van der Waals surface area contributed by atoms with Gasteiger partial charge in [-0.05, 0) is 35.4 Å². The topological polar surface area (TPSA) is 69.6 Å². The molecule has 1 unspecified atom stereocenters. The molecule has 1 aromatic heterocycles. The van der Waals surface area contributed by atoms with Crippen molar-refractivity contribution in [1.82, 2.24) is 4.57 Å². The number of fused-ring (bicyclic) bond motifs is 7. The highest BCUT2D eigenvalue weighted by atomic mass is 31.2. The van der Waals surface area contributed by atoms with E-state index in [0.29, 0.717) is 16.8 Å². The van der Waals surface area contributed by atoms with Crippen LogP contribution in [0.4, 0.5) is 0 Å². The van der Waals surface area contributed by atoms with Crippen LogP contribution in [0.3, 0.4) is 0 Å². The molecule has 0 radical (unpaired) electrons. The van der Waals surface area contributed by atoms with E-state index in [0.717, 1.165) is 48.8 Å². The van der Waals surface area contributed by atoms with Crippen LogP contribution in [0.15, 0.2) is 109 Å². The van der Waals surface area contributed by atoms with E-state index in [-0.39, 0.29) is 0 Å². The first-order valence-electron chi connectivity index (χ1n) is 11.9. The molecule has 7 rings (SSSR count). The predicted octanol–water partition coefficient (Wildman–Crippen LogP) is 6.15. The molecule has 1 aliphatic heterocycles. The Balaban J connectivity index is 1.72. The minimum absolute atomic E-state index is 0.405. The van der Waals surface area contributed by atoms with Gasteiger partial charge in [-0.2, -0.15) is 10.5 Å². The summed E-state index contributed by atoms with van der Waals surface area (Å²) >= 11 is 0. The predicted molar refractivity (Wildman–Crippen MR) is 149 cm³/mol. The first kappa shape index (κ1) is 21.4. The van der Waals surface area contributed by atoms with Gasteiger partial charge < -0.3 is 9.13 Å². The van der Waals surface area contributed by atoms with Gasteiger partial charge in [0.2, 0.25) is 0 Å². The summed E-state index contributed by atoms with van der Waals surface area (Å²) in [5, 5.41) is 23.8. The Kier molecular flexibility index (Phi) is 4.51. The Morgan fingerprint density at radius 3 is 2.08 bits per heavy atom. The first-order chi connectivity index (χ1) is 18.1. The van der Waals surface area contributed by atoms with Crippen LogP contribution in [0.5, 0.6) is 0 Å². The molecule has 1 atom stereocenters. The third-order valence-corrected chi connectivity index (χ3v) is 10.4. The Morgan fingerprint density at radius 2 is 1.32 bits per heavy atom. The molecule has 6 aromatic rings. The van der Waals surface area contributed by atoms with Crippen LogP contribution >= 0.6 is 7.14 Å². The van der Waals surface area contributed by atoms with Crippen molar-refractivity contribution in [3.63, 3.8) is 0 Å². The minimum atomic E-state index is -3.24. The number of benzene rings is 5. The second kappa shape index (κ2) is 7.81. The molecular weight excluding hydrogens is 473 g/mol. The van der Waals surface area contributed by atoms with Gasteiger partial charge in [-0.3, -0.25) is 0 Å². The number of rotatable bonds is 2. The highest BCUT2D eigenvalue weighted by Crippen LogP contribution is 2.54. The van der Waals surface area contributed by atoms with Crippen molar-refractivity contribution in [1.29, 1.82) is 10.5 Å². The number of hydrogen-bond acceptors (Lipinski definition) is 3. The van der Waals surface area contributed by atoms with Crippen LogP contribution < -0.4 is 15.9 Å². The molecule has 5 heteroatoms. The van der Waals surface area contributed by atoms with E-state index in [9.17, 15) is 10.5 Å². The zero-order valence-electron chi connectivity index (χ0n) is 19.6. The molecule has 0 saturated heterocycles. The Hall–Kier alpha value is -4.89. The Morgan fingerprint density at radius 1 is 0.649 bits per heavy atom. The van der Waals surface area contributed by atoms with Gasteiger partial charge in [-0.25, -0.2) is 0 Å². The maximum Gasteiger partial charge on any atom is 0.174 e. The molecule has 0 bridgehead atoms. The lowest BCUT2D eigenvalue weighted by Gasteiger charge is -2.18. The zero-order chi connectivity index (χ0) is 25.1. The lowest BCUT2D eigenvalue weighted by Crippen LogP contribution is -2.22. The van der Waals surface area contributed by atoms with Gasteiger partial charge in [0, 0.05) is 27.1 Å². The molecule has 4 nitrogen and oxygen atoms in total. The molecule has 0 spiro atoms. The summed E-state index contributed by atoms with van der Waals surface area (Å²) in [6.07, 6.45) is 0. The number of nitrogens with zero attached hydrogens (tertiary/aromatic N) is 3. The number of nitriles is 2. The summed E-state index contributed by atoms with van der Waals surface area (Å²) < 4.78 is 17.5. The van der Waals surface area contributed by atoms with Gasteiger partial charge in [0.15, 0.2) is 7.14 Å². The lowest BCUT2D eigenvalue weighted by molar-refractivity contribution is 0.593. The largest absolute Gasteiger partial charge is 0.309 e. The summed E-state index contributed by atoms with van der Waals surface area (Å²) in [6, 6.07) is 39.5. The van der Waals surface area contributed by atoms with E-state index in [2.05, 4.69) is 34.9 Å². The van der Waals surface area contributed by atoms with E-state index in [1.165, 1.54) is 0 Å². The summed E-state index contributed by atoms with van der Waals surface area (Å²) in [7, 11) is -3.24. The fraction of sp³-hybridized carbons (Fsp3) is 0. The smallest absolute Gasteiger partial charge is 0.174 e. The van der Waals surface area contributed by atoms with Crippen LogP contribution in [0.2, 0.25) is 0 Å². The average Bonchev–Trinajstić information content (AvgIpc) is 3.44. The molecule has 0 fully saturated rings. The fourth-order valence-electron chi connectivity index (χ4n) is 5.72. The average molecular weight is 491 g/mol. The molecule has 37 heavy (non-hydrogen) atoms. The van der Waals surface area contributed by atoms with Crippen molar-refractivity contribution >= 4 is 44.9 Å². The van der Waals surface area contributed by atoms with Crippen molar-refractivity contribution in [2.45, 2.75) is 0 Å². The molecule has 172 valence electrons. The third-order valence-electron chi connectivity index (χ3n) is 7.21. The molecule has 0 N–H and O–H groups in total. The van der Waals surface area contributed by atoms with E-state index >= 15 is 4.57 Å². The number of hydrogen-bond donors (Lipinski definition) is 0. The zero-order valence-corrected chi connectivity index (χ0v) is 20.5. The molecule has 0 amide bonds. The quantitative estimate of drug-likeness (QED) is 0.273. The molecular formula is C32H18N3OP. The van der Waals surface area contributed by atoms with E-state index in [4.69, 9.17) is 0 Å². The first-order valence-corrected chi connectivity index (χ1v) is 13.6. The lowest BCUT2D eigenvalue weighted by atomic mass is 10.0. The van der Waals surface area contributed by atoms with Crippen LogP contribution in [-0.4, -0.2) is 4.57 Å². The van der Waals surface area contributed by atoms with Crippen LogP contribution in [-0.2, 0) is 4.57 Å². The molecule has 0 saturated carbocycles. The second-order valence-electron chi connectivity index (χ2n) is 9.16. The van der Waals surface area contributed by atoms with Crippen molar-refractivity contribution in [3.8, 4) is 29.0 Å². The monoisotopic (exact) mass is 491 g/mol. The Labute approximate surface area is 213 Å². The van der Waals surface area contributed by atoms with Crippen LogP contribution in [0, 0.1) is 22.7 Å². The standard InChI is InChI=1S/C32H18N3OP/c33-19-21-16-22(20-34)18-23(17-21)35-29-12-6-4-10-25(29)27-14-15-28-26-11-5-7-13-30(26)37(36,32(28)31(27)35)24-8-2-1-3-9-24/h1-18H. The van der Waals surface area contributed by atoms with Crippen molar-refractivity contribution in [2.24, 2.45) is 0 Å². The van der Waals surface area contributed by atoms with Gasteiger partial charge in [0.05, 0.1) is 39.6 Å². The maximum atomic E-state index is 15.5. The van der Waals surface area contributed by atoms with Crippen molar-refractivity contribution in [2.75, 3.05) is 0 Å². The summed E-state index contributed by atoms with van der Waals surface area (Å²) in [5.74, 6) is 0. The van der Waals surface area contributed by atoms with E-state index in [1.807, 2.05) is 72.8 Å². The maximum absolute atomic E-state index is 15.5. The van der Waals surface area contributed by atoms with Gasteiger partial charge in [0.1, 0.15) is 0 Å².